The molecule has 0 saturated heterocycles. The molecule has 1 aromatic heterocycles. The Hall–Kier alpha value is -3.12. The molecule has 146 valence electrons. The van der Waals surface area contributed by atoms with E-state index in [9.17, 15) is 27.9 Å². The number of rotatable bonds is 6. The van der Waals surface area contributed by atoms with Gasteiger partial charge in [-0.1, -0.05) is 17.7 Å². The first-order chi connectivity index (χ1) is 13.0. The molecule has 2 rings (SSSR count). The van der Waals surface area contributed by atoms with Gasteiger partial charge in [0, 0.05) is 23.6 Å². The fourth-order valence-electron chi connectivity index (χ4n) is 2.49. The van der Waals surface area contributed by atoms with Crippen LogP contribution in [0, 0.1) is 11.3 Å². The number of aromatic nitrogens is 1. The summed E-state index contributed by atoms with van der Waals surface area (Å²) in [5.74, 6) is -2.86. The third kappa shape index (κ3) is 4.78. The molecule has 0 spiro atoms. The lowest BCUT2D eigenvalue weighted by Crippen LogP contribution is -2.12. The smallest absolute Gasteiger partial charge is 0.416 e. The van der Waals surface area contributed by atoms with Crippen LogP contribution in [0.15, 0.2) is 24.3 Å². The Bertz CT molecular complexity index is 984. The zero-order valence-corrected chi connectivity index (χ0v) is 14.8. The highest BCUT2D eigenvalue weighted by atomic mass is 35.5. The van der Waals surface area contributed by atoms with E-state index in [1.54, 1.807) is 6.07 Å². The molecule has 0 saturated carbocycles. The van der Waals surface area contributed by atoms with Crippen molar-refractivity contribution in [1.82, 2.24) is 4.98 Å². The van der Waals surface area contributed by atoms with Gasteiger partial charge in [-0.3, -0.25) is 9.59 Å². The van der Waals surface area contributed by atoms with Gasteiger partial charge in [-0.2, -0.15) is 18.4 Å². The van der Waals surface area contributed by atoms with E-state index < -0.39 is 54.2 Å². The second kappa shape index (κ2) is 8.27. The minimum absolute atomic E-state index is 0.105. The maximum atomic E-state index is 13.2. The highest BCUT2D eigenvalue weighted by molar-refractivity contribution is 6.31. The second-order valence-corrected chi connectivity index (χ2v) is 6.13. The molecular formula is C18H12ClF3N2O4. The van der Waals surface area contributed by atoms with Crippen LogP contribution in [0.4, 0.5) is 13.2 Å². The number of ketones is 1. The summed E-state index contributed by atoms with van der Waals surface area (Å²) < 4.78 is 39.7. The van der Waals surface area contributed by atoms with Crippen molar-refractivity contribution in [3.63, 3.8) is 0 Å². The quantitative estimate of drug-likeness (QED) is 0.694. The molecule has 28 heavy (non-hydrogen) atoms. The summed E-state index contributed by atoms with van der Waals surface area (Å²) in [4.78, 5) is 26.6. The lowest BCUT2D eigenvalue weighted by atomic mass is 10.00. The third-order valence-electron chi connectivity index (χ3n) is 3.78. The van der Waals surface area contributed by atoms with E-state index in [0.29, 0.717) is 0 Å². The summed E-state index contributed by atoms with van der Waals surface area (Å²) in [6.07, 6.45) is -6.17. The van der Waals surface area contributed by atoms with Gasteiger partial charge < -0.3 is 10.2 Å². The van der Waals surface area contributed by atoms with E-state index in [0.717, 1.165) is 18.2 Å². The van der Waals surface area contributed by atoms with Crippen LogP contribution < -0.4 is 0 Å². The van der Waals surface area contributed by atoms with Gasteiger partial charge in [0.05, 0.1) is 17.5 Å². The number of pyridine rings is 1. The van der Waals surface area contributed by atoms with E-state index in [2.05, 4.69) is 4.98 Å². The Balaban J connectivity index is 2.51. The third-order valence-corrected chi connectivity index (χ3v) is 4.13. The SMILES string of the molecule is N#Cc1cc(Cc2c(Cl)cccc2C(F)(F)F)nc(C(=O)CCC(=O)O)c1O. The summed E-state index contributed by atoms with van der Waals surface area (Å²) in [6, 6.07) is 5.91. The number of carbonyl (C=O) groups excluding carboxylic acids is 1. The number of halogens is 4. The average molecular weight is 413 g/mol. The minimum atomic E-state index is -4.69. The summed E-state index contributed by atoms with van der Waals surface area (Å²) >= 11 is 5.90. The molecule has 0 aliphatic heterocycles. The summed E-state index contributed by atoms with van der Waals surface area (Å²) in [5, 5.41) is 27.6. The van der Waals surface area contributed by atoms with E-state index in [1.807, 2.05) is 0 Å². The Kier molecular flexibility index (Phi) is 6.26. The van der Waals surface area contributed by atoms with E-state index in [-0.39, 0.29) is 21.8 Å². The maximum absolute atomic E-state index is 13.2. The van der Waals surface area contributed by atoms with Gasteiger partial charge in [0.1, 0.15) is 11.8 Å². The number of carboxylic acids is 1. The molecule has 0 aliphatic carbocycles. The number of aromatic hydroxyl groups is 1. The van der Waals surface area contributed by atoms with Crippen molar-refractivity contribution in [2.24, 2.45) is 0 Å². The largest absolute Gasteiger partial charge is 0.504 e. The van der Waals surface area contributed by atoms with Gasteiger partial charge in [-0.25, -0.2) is 4.98 Å². The second-order valence-electron chi connectivity index (χ2n) is 5.73. The molecule has 0 atom stereocenters. The Morgan fingerprint density at radius 3 is 2.50 bits per heavy atom. The van der Waals surface area contributed by atoms with Gasteiger partial charge in [0.25, 0.3) is 0 Å². The van der Waals surface area contributed by atoms with Gasteiger partial charge in [0.15, 0.2) is 11.5 Å². The lowest BCUT2D eigenvalue weighted by molar-refractivity contribution is -0.138. The molecule has 1 heterocycles. The molecule has 0 bridgehead atoms. The standard InChI is InChI=1S/C18H12ClF3N2O4/c19-13-3-1-2-12(18(20,21)22)11(13)7-10-6-9(8-23)17(28)16(24-10)14(25)4-5-15(26)27/h1-3,6,28H,4-5,7H2,(H,26,27). The normalized spacial score (nSPS) is 11.1. The Morgan fingerprint density at radius 1 is 1.25 bits per heavy atom. The first kappa shape index (κ1) is 21.2. The fraction of sp³-hybridized carbons (Fsp3) is 0.222. The summed E-state index contributed by atoms with van der Waals surface area (Å²) in [5.41, 5.74) is -2.35. The van der Waals surface area contributed by atoms with Gasteiger partial charge in [-0.05, 0) is 23.8 Å². The van der Waals surface area contributed by atoms with E-state index in [1.165, 1.54) is 6.07 Å². The number of benzene rings is 1. The van der Waals surface area contributed by atoms with Gasteiger partial charge >= 0.3 is 12.1 Å². The van der Waals surface area contributed by atoms with Crippen LogP contribution >= 0.6 is 11.6 Å². The first-order valence-corrected chi connectivity index (χ1v) is 8.15. The first-order valence-electron chi connectivity index (χ1n) is 7.77. The van der Waals surface area contributed by atoms with Gasteiger partial charge in [0.2, 0.25) is 0 Å². The zero-order valence-electron chi connectivity index (χ0n) is 14.0. The number of nitrogens with zero attached hydrogens (tertiary/aromatic N) is 2. The van der Waals surface area contributed by atoms with Crippen LogP contribution in [0.3, 0.4) is 0 Å². The highest BCUT2D eigenvalue weighted by Gasteiger charge is 2.34. The molecule has 0 fully saturated rings. The van der Waals surface area contributed by atoms with Crippen LogP contribution in [0.1, 0.15) is 45.7 Å². The predicted octanol–water partition coefficient (Wildman–Crippen LogP) is 3.97. The molecule has 2 aromatic rings. The number of carboxylic acid groups (broad SMARTS) is 1. The number of nitriles is 1. The summed E-state index contributed by atoms with van der Waals surface area (Å²) in [6.45, 7) is 0. The van der Waals surface area contributed by atoms with E-state index in [4.69, 9.17) is 22.0 Å². The van der Waals surface area contributed by atoms with Crippen molar-refractivity contribution in [2.75, 3.05) is 0 Å². The van der Waals surface area contributed by atoms with Gasteiger partial charge in [-0.15, -0.1) is 0 Å². The minimum Gasteiger partial charge on any atom is -0.504 e. The van der Waals surface area contributed by atoms with Crippen LogP contribution in [-0.2, 0) is 17.4 Å². The number of carbonyl (C=O) groups is 2. The molecule has 10 heteroatoms. The monoisotopic (exact) mass is 412 g/mol. The number of hydrogen-bond acceptors (Lipinski definition) is 5. The van der Waals surface area contributed by atoms with Crippen molar-refractivity contribution < 1.29 is 33.0 Å². The molecule has 0 unspecified atom stereocenters. The highest BCUT2D eigenvalue weighted by Crippen LogP contribution is 2.36. The maximum Gasteiger partial charge on any atom is 0.416 e. The number of Topliss-reactive ketones (excluding diaryl/α,β-unsaturated/α-hetero) is 1. The Labute approximate surface area is 161 Å². The molecule has 0 aliphatic rings. The van der Waals surface area contributed by atoms with Crippen molar-refractivity contribution >= 4 is 23.4 Å². The van der Waals surface area contributed by atoms with Crippen LogP contribution in [0.25, 0.3) is 0 Å². The molecular weight excluding hydrogens is 401 g/mol. The van der Waals surface area contributed by atoms with Crippen LogP contribution in [0.2, 0.25) is 5.02 Å². The molecule has 2 N–H and O–H groups in total. The van der Waals surface area contributed by atoms with Crippen molar-refractivity contribution in [3.8, 4) is 11.8 Å². The van der Waals surface area contributed by atoms with Crippen molar-refractivity contribution in [3.05, 3.63) is 57.4 Å². The number of aliphatic carboxylic acids is 1. The number of hydrogen-bond donors (Lipinski definition) is 2. The van der Waals surface area contributed by atoms with Crippen LogP contribution in [-0.4, -0.2) is 26.9 Å². The van der Waals surface area contributed by atoms with Crippen molar-refractivity contribution in [1.29, 1.82) is 5.26 Å². The summed E-state index contributed by atoms with van der Waals surface area (Å²) in [7, 11) is 0. The van der Waals surface area contributed by atoms with Crippen LogP contribution in [0.5, 0.6) is 5.75 Å². The molecule has 6 nitrogen and oxygen atoms in total. The zero-order chi connectivity index (χ0) is 21.1. The molecule has 0 radical (unpaired) electrons. The van der Waals surface area contributed by atoms with E-state index >= 15 is 0 Å². The topological polar surface area (TPSA) is 111 Å². The fourth-order valence-corrected chi connectivity index (χ4v) is 2.73. The predicted molar refractivity (Wildman–Crippen MR) is 91.1 cm³/mol. The Morgan fingerprint density at radius 2 is 1.93 bits per heavy atom. The van der Waals surface area contributed by atoms with Crippen molar-refractivity contribution in [2.45, 2.75) is 25.4 Å². The number of alkyl halides is 3. The lowest BCUT2D eigenvalue weighted by Gasteiger charge is -2.15. The average Bonchev–Trinajstić information content (AvgIpc) is 2.61. The molecule has 1 aromatic carbocycles. The molecule has 0 amide bonds.